The number of aromatic nitrogens is 1. The highest BCUT2D eigenvalue weighted by atomic mass is 19.1. The number of carbonyl (C=O) groups excluding carboxylic acids is 2. The van der Waals surface area contributed by atoms with E-state index >= 15 is 0 Å². The van der Waals surface area contributed by atoms with E-state index in [4.69, 9.17) is 9.47 Å². The minimum absolute atomic E-state index is 0.0387. The van der Waals surface area contributed by atoms with E-state index in [0.29, 0.717) is 11.6 Å². The largest absolute Gasteiger partial charge is 0.444 e. The van der Waals surface area contributed by atoms with Crippen molar-refractivity contribution in [1.82, 2.24) is 9.88 Å². The van der Waals surface area contributed by atoms with Crippen LogP contribution in [0.2, 0.25) is 0 Å². The number of rotatable bonds is 6. The molecule has 2 amide bonds. The van der Waals surface area contributed by atoms with Crippen molar-refractivity contribution >= 4 is 17.7 Å². The number of pyridine rings is 1. The van der Waals surface area contributed by atoms with Gasteiger partial charge in [0.25, 0.3) is 0 Å². The smallest absolute Gasteiger partial charge is 0.410 e. The third-order valence-electron chi connectivity index (χ3n) is 6.61. The molecule has 0 spiro atoms. The van der Waals surface area contributed by atoms with E-state index in [-0.39, 0.29) is 43.0 Å². The molecule has 0 bridgehead atoms. The summed E-state index contributed by atoms with van der Waals surface area (Å²) in [6, 6.07) is 7.35. The maximum Gasteiger partial charge on any atom is 0.410 e. The van der Waals surface area contributed by atoms with Gasteiger partial charge in [0, 0.05) is 18.4 Å². The fraction of sp³-hybridized carbons (Fsp3) is 0.344. The molecule has 0 aliphatic carbocycles. The van der Waals surface area contributed by atoms with E-state index in [9.17, 15) is 32.3 Å². The molecule has 3 aromatic rings. The molecular formula is C32H31F4N3O5. The molecule has 3 atom stereocenters. The van der Waals surface area contributed by atoms with Crippen molar-refractivity contribution in [3.8, 4) is 11.8 Å². The number of ether oxygens (including phenoxy) is 2. The van der Waals surface area contributed by atoms with Crippen molar-refractivity contribution in [3.05, 3.63) is 94.8 Å². The molecule has 1 aliphatic rings. The summed E-state index contributed by atoms with van der Waals surface area (Å²) in [6.45, 7) is 4.65. The maximum atomic E-state index is 14.9. The first-order valence-corrected chi connectivity index (χ1v) is 13.7. The Balaban J connectivity index is 1.55. The summed E-state index contributed by atoms with van der Waals surface area (Å²) < 4.78 is 67.6. The van der Waals surface area contributed by atoms with E-state index in [1.54, 1.807) is 20.8 Å². The third-order valence-corrected chi connectivity index (χ3v) is 6.61. The Morgan fingerprint density at radius 3 is 2.39 bits per heavy atom. The Labute approximate surface area is 252 Å². The van der Waals surface area contributed by atoms with Crippen LogP contribution in [0.5, 0.6) is 0 Å². The molecule has 232 valence electrons. The predicted octanol–water partition coefficient (Wildman–Crippen LogP) is 5.15. The van der Waals surface area contributed by atoms with Gasteiger partial charge in [-0.15, -0.1) is 0 Å². The van der Waals surface area contributed by atoms with Crippen LogP contribution in [0.25, 0.3) is 0 Å². The van der Waals surface area contributed by atoms with Crippen LogP contribution < -0.4 is 5.32 Å². The summed E-state index contributed by atoms with van der Waals surface area (Å²) in [7, 11) is 0. The molecule has 1 aromatic heterocycles. The first-order chi connectivity index (χ1) is 20.8. The SMILES string of the molecule is CC(C)(C)OC(=O)N1C[C@@H](C#Cc2c(F)cncc2NC(=O)C[C@H](c2ccc(F)cc2)c2cc(F)cc(F)c2)OC[C@H]1CO. The lowest BCUT2D eigenvalue weighted by molar-refractivity contribution is -0.116. The molecule has 0 unspecified atom stereocenters. The van der Waals surface area contributed by atoms with Gasteiger partial charge in [-0.25, -0.2) is 22.4 Å². The second kappa shape index (κ2) is 13.9. The molecule has 0 radical (unpaired) electrons. The van der Waals surface area contributed by atoms with E-state index in [0.717, 1.165) is 18.3 Å². The van der Waals surface area contributed by atoms with Crippen molar-refractivity contribution < 1.29 is 41.7 Å². The number of anilines is 1. The molecule has 8 nitrogen and oxygen atoms in total. The highest BCUT2D eigenvalue weighted by Crippen LogP contribution is 2.30. The normalized spacial score (nSPS) is 17.3. The van der Waals surface area contributed by atoms with Gasteiger partial charge in [-0.1, -0.05) is 24.0 Å². The van der Waals surface area contributed by atoms with E-state index < -0.39 is 58.9 Å². The van der Waals surface area contributed by atoms with E-state index in [2.05, 4.69) is 22.1 Å². The second-order valence-electron chi connectivity index (χ2n) is 11.2. The van der Waals surface area contributed by atoms with Gasteiger partial charge in [0.2, 0.25) is 5.91 Å². The van der Waals surface area contributed by atoms with Crippen molar-refractivity contribution in [2.75, 3.05) is 25.1 Å². The average molecular weight is 614 g/mol. The molecule has 1 fully saturated rings. The number of halogens is 4. The molecule has 1 aliphatic heterocycles. The number of aliphatic hydroxyl groups excluding tert-OH is 1. The lowest BCUT2D eigenvalue weighted by Crippen LogP contribution is -2.54. The average Bonchev–Trinajstić information content (AvgIpc) is 2.94. The fourth-order valence-corrected chi connectivity index (χ4v) is 4.58. The number of aliphatic hydroxyl groups is 1. The predicted molar refractivity (Wildman–Crippen MR) is 152 cm³/mol. The molecule has 1 saturated heterocycles. The highest BCUT2D eigenvalue weighted by Gasteiger charge is 2.34. The molecule has 44 heavy (non-hydrogen) atoms. The molecule has 2 N–H and O–H groups in total. The van der Waals surface area contributed by atoms with Crippen molar-refractivity contribution in [2.24, 2.45) is 0 Å². The fourth-order valence-electron chi connectivity index (χ4n) is 4.58. The zero-order valence-electron chi connectivity index (χ0n) is 24.2. The molecular weight excluding hydrogens is 582 g/mol. The van der Waals surface area contributed by atoms with Gasteiger partial charge in [-0.3, -0.25) is 14.7 Å². The summed E-state index contributed by atoms with van der Waals surface area (Å²) in [5, 5.41) is 12.2. The summed E-state index contributed by atoms with van der Waals surface area (Å²) in [4.78, 5) is 31.0. The first kappa shape index (κ1) is 32.4. The van der Waals surface area contributed by atoms with Crippen LogP contribution in [-0.4, -0.2) is 64.5 Å². The van der Waals surface area contributed by atoms with Crippen molar-refractivity contribution in [2.45, 2.75) is 50.9 Å². The number of nitrogens with zero attached hydrogens (tertiary/aromatic N) is 2. The quantitative estimate of drug-likeness (QED) is 0.295. The van der Waals surface area contributed by atoms with Crippen LogP contribution in [-0.2, 0) is 14.3 Å². The number of hydrogen-bond acceptors (Lipinski definition) is 6. The maximum absolute atomic E-state index is 14.9. The van der Waals surface area contributed by atoms with Gasteiger partial charge in [0.15, 0.2) is 5.82 Å². The van der Waals surface area contributed by atoms with Crippen molar-refractivity contribution in [3.63, 3.8) is 0 Å². The second-order valence-corrected chi connectivity index (χ2v) is 11.2. The van der Waals surface area contributed by atoms with Crippen molar-refractivity contribution in [1.29, 1.82) is 0 Å². The summed E-state index contributed by atoms with van der Waals surface area (Å²) in [6.07, 6.45) is 0.233. The van der Waals surface area contributed by atoms with Crippen LogP contribution in [0.1, 0.15) is 49.8 Å². The third kappa shape index (κ3) is 8.55. The topological polar surface area (TPSA) is 101 Å². The molecule has 4 rings (SSSR count). The molecule has 12 heteroatoms. The number of hydrogen-bond donors (Lipinski definition) is 2. The van der Waals surface area contributed by atoms with Gasteiger partial charge in [0.05, 0.1) is 49.4 Å². The monoisotopic (exact) mass is 613 g/mol. The Morgan fingerprint density at radius 2 is 1.75 bits per heavy atom. The Hall–Kier alpha value is -4.47. The minimum Gasteiger partial charge on any atom is -0.444 e. The highest BCUT2D eigenvalue weighted by molar-refractivity contribution is 5.92. The molecule has 0 saturated carbocycles. The lowest BCUT2D eigenvalue weighted by Gasteiger charge is -2.37. The summed E-state index contributed by atoms with van der Waals surface area (Å²) in [5.41, 5.74) is -0.484. The Kier molecular flexibility index (Phi) is 10.2. The van der Waals surface area contributed by atoms with Crippen LogP contribution >= 0.6 is 0 Å². The van der Waals surface area contributed by atoms with Gasteiger partial charge >= 0.3 is 6.09 Å². The van der Waals surface area contributed by atoms with Crippen LogP contribution in [0.15, 0.2) is 54.9 Å². The molecule has 2 heterocycles. The number of amides is 2. The minimum atomic E-state index is -0.870. The van der Waals surface area contributed by atoms with E-state index in [1.165, 1.54) is 35.4 Å². The van der Waals surface area contributed by atoms with Gasteiger partial charge in [-0.05, 0) is 56.2 Å². The number of benzene rings is 2. The number of carbonyl (C=O) groups is 2. The zero-order chi connectivity index (χ0) is 32.0. The standard InChI is InChI=1S/C32H31F4N3O5/c1-32(2,3)44-31(42)39-16-25(43-18-24(39)17-40)8-9-26-28(36)14-37-15-29(26)38-30(41)13-27(19-4-6-21(33)7-5-19)20-10-22(34)12-23(35)11-20/h4-7,10-12,14-15,24-25,27,40H,13,16-18H2,1-3H3,(H,38,41)/t24-,25-,27-/m1/s1. The first-order valence-electron chi connectivity index (χ1n) is 13.7. The Bertz CT molecular complexity index is 1550. The van der Waals surface area contributed by atoms with Gasteiger partial charge < -0.3 is 19.9 Å². The number of morpholine rings is 1. The van der Waals surface area contributed by atoms with Gasteiger partial charge in [0.1, 0.15) is 29.2 Å². The van der Waals surface area contributed by atoms with Crippen LogP contribution in [0.3, 0.4) is 0 Å². The summed E-state index contributed by atoms with van der Waals surface area (Å²) in [5.74, 6) is 0.810. The van der Waals surface area contributed by atoms with Crippen LogP contribution in [0, 0.1) is 35.1 Å². The summed E-state index contributed by atoms with van der Waals surface area (Å²) >= 11 is 0. The Morgan fingerprint density at radius 1 is 1.07 bits per heavy atom. The zero-order valence-corrected chi connectivity index (χ0v) is 24.2. The molecule has 2 aromatic carbocycles. The number of nitrogens with one attached hydrogen (secondary N) is 1. The lowest BCUT2D eigenvalue weighted by atomic mass is 9.88. The van der Waals surface area contributed by atoms with Gasteiger partial charge in [-0.2, -0.15) is 0 Å². The van der Waals surface area contributed by atoms with E-state index in [1.807, 2.05) is 0 Å². The van der Waals surface area contributed by atoms with Crippen LogP contribution in [0.4, 0.5) is 28.0 Å².